The van der Waals surface area contributed by atoms with Crippen molar-refractivity contribution in [1.29, 1.82) is 0 Å². The molecule has 1 aromatic carbocycles. The molecule has 0 aliphatic heterocycles. The molecule has 1 aromatic rings. The Morgan fingerprint density at radius 1 is 1.05 bits per heavy atom. The van der Waals surface area contributed by atoms with Gasteiger partial charge in [-0.05, 0) is 49.3 Å². The maximum atomic E-state index is 12.8. The number of hydrogen-bond acceptors (Lipinski definition) is 2. The number of anilines is 1. The van der Waals surface area contributed by atoms with E-state index in [0.29, 0.717) is 18.4 Å². The fourth-order valence-corrected chi connectivity index (χ4v) is 3.34. The van der Waals surface area contributed by atoms with Crippen molar-refractivity contribution < 1.29 is 4.79 Å². The third-order valence-corrected chi connectivity index (χ3v) is 4.82. The van der Waals surface area contributed by atoms with Gasteiger partial charge in [-0.1, -0.05) is 31.4 Å². The third-order valence-electron chi connectivity index (χ3n) is 4.82. The number of carbonyl (C=O) groups excluding carboxylic acids is 1. The number of nitrogens with zero attached hydrogens (tertiary/aromatic N) is 1. The highest BCUT2D eigenvalue weighted by atomic mass is 35.5. The molecule has 2 saturated carbocycles. The predicted molar refractivity (Wildman–Crippen MR) is 93.1 cm³/mol. The molecule has 0 saturated heterocycles. The minimum atomic E-state index is 0. The van der Waals surface area contributed by atoms with Gasteiger partial charge in [-0.25, -0.2) is 0 Å². The Kier molecular flexibility index (Phi) is 6.13. The first-order valence-electron chi connectivity index (χ1n) is 8.36. The first kappa shape index (κ1) is 17.1. The van der Waals surface area contributed by atoms with Gasteiger partial charge in [0.15, 0.2) is 0 Å². The Labute approximate surface area is 139 Å². The van der Waals surface area contributed by atoms with E-state index < -0.39 is 0 Å². The van der Waals surface area contributed by atoms with E-state index in [4.69, 9.17) is 5.73 Å². The number of amides is 1. The van der Waals surface area contributed by atoms with Crippen LogP contribution in [0.5, 0.6) is 0 Å². The molecule has 3 nitrogen and oxygen atoms in total. The summed E-state index contributed by atoms with van der Waals surface area (Å²) < 4.78 is 0. The second-order valence-corrected chi connectivity index (χ2v) is 6.70. The third kappa shape index (κ3) is 4.64. The molecule has 0 aromatic heterocycles. The molecular weight excluding hydrogens is 296 g/mol. The predicted octanol–water partition coefficient (Wildman–Crippen LogP) is 3.80. The summed E-state index contributed by atoms with van der Waals surface area (Å²) in [4.78, 5) is 15.0. The van der Waals surface area contributed by atoms with Crippen molar-refractivity contribution in [3.05, 3.63) is 29.8 Å². The summed E-state index contributed by atoms with van der Waals surface area (Å²) in [6.45, 7) is 0.985. The second kappa shape index (κ2) is 7.87. The largest absolute Gasteiger partial charge is 0.399 e. The van der Waals surface area contributed by atoms with Crippen LogP contribution >= 0.6 is 12.4 Å². The van der Waals surface area contributed by atoms with E-state index in [9.17, 15) is 4.79 Å². The molecular formula is C18H27ClN2O. The van der Waals surface area contributed by atoms with E-state index in [2.05, 4.69) is 4.90 Å². The van der Waals surface area contributed by atoms with Crippen LogP contribution in [0.2, 0.25) is 0 Å². The second-order valence-electron chi connectivity index (χ2n) is 6.70. The minimum absolute atomic E-state index is 0. The van der Waals surface area contributed by atoms with E-state index in [1.165, 1.54) is 44.9 Å². The van der Waals surface area contributed by atoms with Crippen molar-refractivity contribution in [2.75, 3.05) is 12.3 Å². The summed E-state index contributed by atoms with van der Waals surface area (Å²) in [6.07, 6.45) is 9.41. The van der Waals surface area contributed by atoms with Crippen molar-refractivity contribution in [2.24, 2.45) is 5.92 Å². The SMILES string of the molecule is Cl.Nc1ccc(CC(=O)N(CC2CC2)C2CCCCC2)cc1. The van der Waals surface area contributed by atoms with Crippen LogP contribution in [0.4, 0.5) is 5.69 Å². The summed E-state index contributed by atoms with van der Waals surface area (Å²) in [5.74, 6) is 1.07. The lowest BCUT2D eigenvalue weighted by Gasteiger charge is -2.34. The van der Waals surface area contributed by atoms with Crippen molar-refractivity contribution >= 4 is 24.0 Å². The highest BCUT2D eigenvalue weighted by Crippen LogP contribution is 2.33. The number of hydrogen-bond donors (Lipinski definition) is 1. The van der Waals surface area contributed by atoms with E-state index in [0.717, 1.165) is 23.7 Å². The lowest BCUT2D eigenvalue weighted by molar-refractivity contribution is -0.133. The highest BCUT2D eigenvalue weighted by molar-refractivity contribution is 5.85. The molecule has 0 heterocycles. The van der Waals surface area contributed by atoms with Crippen LogP contribution in [0.3, 0.4) is 0 Å². The van der Waals surface area contributed by atoms with Gasteiger partial charge in [0, 0.05) is 18.3 Å². The molecule has 0 bridgehead atoms. The van der Waals surface area contributed by atoms with Gasteiger partial charge in [0.2, 0.25) is 5.91 Å². The van der Waals surface area contributed by atoms with Gasteiger partial charge in [-0.3, -0.25) is 4.79 Å². The fraction of sp³-hybridized carbons (Fsp3) is 0.611. The zero-order valence-corrected chi connectivity index (χ0v) is 14.0. The topological polar surface area (TPSA) is 46.3 Å². The minimum Gasteiger partial charge on any atom is -0.399 e. The van der Waals surface area contributed by atoms with Crippen LogP contribution in [0.1, 0.15) is 50.5 Å². The van der Waals surface area contributed by atoms with Gasteiger partial charge in [0.1, 0.15) is 0 Å². The molecule has 0 atom stereocenters. The number of rotatable bonds is 5. The van der Waals surface area contributed by atoms with Crippen molar-refractivity contribution in [3.8, 4) is 0 Å². The monoisotopic (exact) mass is 322 g/mol. The van der Waals surface area contributed by atoms with Gasteiger partial charge < -0.3 is 10.6 Å². The average Bonchev–Trinajstić information content (AvgIpc) is 3.32. The van der Waals surface area contributed by atoms with Crippen LogP contribution in [-0.4, -0.2) is 23.4 Å². The molecule has 2 aliphatic carbocycles. The smallest absolute Gasteiger partial charge is 0.227 e. The molecule has 2 aliphatic rings. The van der Waals surface area contributed by atoms with E-state index in [-0.39, 0.29) is 12.4 Å². The summed E-state index contributed by atoms with van der Waals surface area (Å²) in [7, 11) is 0. The molecule has 122 valence electrons. The zero-order valence-electron chi connectivity index (χ0n) is 13.2. The lowest BCUT2D eigenvalue weighted by Crippen LogP contribution is -2.43. The summed E-state index contributed by atoms with van der Waals surface area (Å²) in [5.41, 5.74) is 7.55. The van der Waals surface area contributed by atoms with E-state index in [1.807, 2.05) is 24.3 Å². The Bertz CT molecular complexity index is 478. The number of nitrogens with two attached hydrogens (primary N) is 1. The van der Waals surface area contributed by atoms with Crippen molar-refractivity contribution in [2.45, 2.75) is 57.4 Å². The van der Waals surface area contributed by atoms with Crippen LogP contribution in [-0.2, 0) is 11.2 Å². The van der Waals surface area contributed by atoms with Crippen molar-refractivity contribution in [3.63, 3.8) is 0 Å². The van der Waals surface area contributed by atoms with Crippen LogP contribution in [0.25, 0.3) is 0 Å². The molecule has 22 heavy (non-hydrogen) atoms. The molecule has 1 amide bonds. The summed E-state index contributed by atoms with van der Waals surface area (Å²) in [6, 6.07) is 8.20. The number of nitrogen functional groups attached to an aromatic ring is 1. The van der Waals surface area contributed by atoms with Gasteiger partial charge >= 0.3 is 0 Å². The molecule has 0 unspecified atom stereocenters. The normalized spacial score (nSPS) is 18.5. The maximum absolute atomic E-state index is 12.8. The molecule has 0 spiro atoms. The number of halogens is 1. The maximum Gasteiger partial charge on any atom is 0.227 e. The lowest BCUT2D eigenvalue weighted by atomic mass is 9.93. The fourth-order valence-electron chi connectivity index (χ4n) is 3.34. The Morgan fingerprint density at radius 3 is 2.27 bits per heavy atom. The van der Waals surface area contributed by atoms with Gasteiger partial charge in [0.05, 0.1) is 6.42 Å². The Balaban J connectivity index is 0.00000176. The first-order valence-corrected chi connectivity index (χ1v) is 8.36. The molecule has 3 rings (SSSR count). The average molecular weight is 323 g/mol. The van der Waals surface area contributed by atoms with Crippen LogP contribution < -0.4 is 5.73 Å². The van der Waals surface area contributed by atoms with Crippen LogP contribution in [0, 0.1) is 5.92 Å². The standard InChI is InChI=1S/C18H26N2O.ClH/c19-16-10-8-14(9-11-16)12-18(21)20(13-15-6-7-15)17-4-2-1-3-5-17;/h8-11,15,17H,1-7,12-13,19H2;1H. The first-order chi connectivity index (χ1) is 10.2. The van der Waals surface area contributed by atoms with Gasteiger partial charge in [-0.15, -0.1) is 12.4 Å². The van der Waals surface area contributed by atoms with Crippen LogP contribution in [0.15, 0.2) is 24.3 Å². The number of benzene rings is 1. The Hall–Kier alpha value is -1.22. The Morgan fingerprint density at radius 2 is 1.68 bits per heavy atom. The molecule has 2 fully saturated rings. The van der Waals surface area contributed by atoms with Gasteiger partial charge in [-0.2, -0.15) is 0 Å². The quantitative estimate of drug-likeness (QED) is 0.838. The van der Waals surface area contributed by atoms with E-state index >= 15 is 0 Å². The molecule has 2 N–H and O–H groups in total. The zero-order chi connectivity index (χ0) is 14.7. The molecule has 4 heteroatoms. The molecule has 0 radical (unpaired) electrons. The summed E-state index contributed by atoms with van der Waals surface area (Å²) in [5, 5.41) is 0. The number of carbonyl (C=O) groups is 1. The highest BCUT2D eigenvalue weighted by Gasteiger charge is 2.31. The van der Waals surface area contributed by atoms with Gasteiger partial charge in [0.25, 0.3) is 0 Å². The summed E-state index contributed by atoms with van der Waals surface area (Å²) >= 11 is 0. The van der Waals surface area contributed by atoms with E-state index in [1.54, 1.807) is 0 Å². The van der Waals surface area contributed by atoms with Crippen molar-refractivity contribution in [1.82, 2.24) is 4.90 Å².